The standard InChI is InChI=1S/C27H37F2N9O3/c1-16(28)24(31-17-11-18-7-6-9-37(18)27(2,3)14-17)33-25(30-4)32-21-13-22(38-26(39)36(5)34-35-38)23(12-20(21)29)41-15-19-8-10-40-19/h12-13,17-19H,1,6-11,14-15H2,2-5H3,(H2,30,31,32,33)/t17-,18+,19?/m1/s1. The number of aryl methyl sites for hydroxylation is 1. The average molecular weight is 574 g/mol. The molecule has 0 spiro atoms. The second-order valence-corrected chi connectivity index (χ2v) is 11.3. The highest BCUT2D eigenvalue weighted by molar-refractivity contribution is 6.07. The van der Waals surface area contributed by atoms with E-state index < -0.39 is 17.3 Å². The largest absolute Gasteiger partial charge is 0.488 e. The van der Waals surface area contributed by atoms with Gasteiger partial charge in [-0.15, -0.1) is 0 Å². The lowest BCUT2D eigenvalue weighted by Gasteiger charge is -2.48. The van der Waals surface area contributed by atoms with Gasteiger partial charge in [0.05, 0.1) is 11.8 Å². The number of guanidine groups is 1. The number of piperidine rings is 1. The highest BCUT2D eigenvalue weighted by atomic mass is 19.1. The first kappa shape index (κ1) is 28.9. The smallest absolute Gasteiger partial charge is 0.368 e. The van der Waals surface area contributed by atoms with E-state index in [-0.39, 0.29) is 53.2 Å². The predicted molar refractivity (Wildman–Crippen MR) is 151 cm³/mol. The van der Waals surface area contributed by atoms with Gasteiger partial charge in [0.1, 0.15) is 18.0 Å². The Morgan fingerprint density at radius 3 is 2.73 bits per heavy atom. The van der Waals surface area contributed by atoms with Crippen LogP contribution in [0.25, 0.3) is 5.69 Å². The van der Waals surface area contributed by atoms with Gasteiger partial charge in [0.25, 0.3) is 0 Å². The van der Waals surface area contributed by atoms with E-state index in [1.807, 2.05) is 0 Å². The summed E-state index contributed by atoms with van der Waals surface area (Å²) in [7, 11) is 2.90. The number of benzene rings is 1. The Morgan fingerprint density at radius 1 is 1.32 bits per heavy atom. The molecule has 222 valence electrons. The zero-order valence-corrected chi connectivity index (χ0v) is 23.9. The van der Waals surface area contributed by atoms with Gasteiger partial charge in [-0.05, 0) is 62.6 Å². The molecule has 3 aliphatic heterocycles. The van der Waals surface area contributed by atoms with Crippen LogP contribution in [0.3, 0.4) is 0 Å². The molecule has 0 aliphatic carbocycles. The van der Waals surface area contributed by atoms with Crippen LogP contribution in [0.1, 0.15) is 46.0 Å². The molecule has 14 heteroatoms. The molecule has 0 radical (unpaired) electrons. The van der Waals surface area contributed by atoms with Crippen LogP contribution in [-0.2, 0) is 11.8 Å². The number of hydrogen-bond donors (Lipinski definition) is 2. The van der Waals surface area contributed by atoms with E-state index in [1.165, 1.54) is 20.2 Å². The quantitative estimate of drug-likeness (QED) is 0.383. The van der Waals surface area contributed by atoms with Crippen molar-refractivity contribution in [1.29, 1.82) is 0 Å². The Bertz CT molecular complexity index is 1410. The first-order chi connectivity index (χ1) is 19.6. The molecular weight excluding hydrogens is 536 g/mol. The summed E-state index contributed by atoms with van der Waals surface area (Å²) in [5.74, 6) is -1.50. The molecule has 12 nitrogen and oxygen atoms in total. The van der Waals surface area contributed by atoms with E-state index in [0.29, 0.717) is 12.6 Å². The Balaban J connectivity index is 1.39. The molecule has 3 atom stereocenters. The van der Waals surface area contributed by atoms with Crippen LogP contribution in [0.15, 0.2) is 39.3 Å². The fourth-order valence-electron chi connectivity index (χ4n) is 5.83. The average Bonchev–Trinajstić information content (AvgIpc) is 3.50. The maximum absolute atomic E-state index is 15.3. The fraction of sp³-hybridized carbons (Fsp3) is 0.593. The second kappa shape index (κ2) is 11.7. The molecule has 2 N–H and O–H groups in total. The van der Waals surface area contributed by atoms with Crippen LogP contribution in [0.4, 0.5) is 14.5 Å². The third-order valence-corrected chi connectivity index (χ3v) is 7.95. The Kier molecular flexibility index (Phi) is 8.23. The van der Waals surface area contributed by atoms with Crippen LogP contribution in [-0.4, -0.2) is 87.0 Å². The van der Waals surface area contributed by atoms with Gasteiger partial charge in [0.2, 0.25) is 5.96 Å². The minimum absolute atomic E-state index is 0.0170. The number of halogens is 2. The molecule has 0 amide bonds. The van der Waals surface area contributed by atoms with Crippen molar-refractivity contribution in [3.05, 3.63) is 40.8 Å². The van der Waals surface area contributed by atoms with Gasteiger partial charge in [-0.25, -0.2) is 13.6 Å². The van der Waals surface area contributed by atoms with Crippen molar-refractivity contribution < 1.29 is 18.3 Å². The SMILES string of the molecule is C=C(F)/C(=N\C(=N/C)Nc1cc(-n2nnn(C)c2=O)c(OCC2CCO2)cc1F)N[C@@H]1C[C@@H]2CCCN2C(C)(C)C1. The summed E-state index contributed by atoms with van der Waals surface area (Å²) in [4.78, 5) is 23.6. The van der Waals surface area contributed by atoms with Crippen LogP contribution < -0.4 is 21.1 Å². The highest BCUT2D eigenvalue weighted by Crippen LogP contribution is 2.37. The Morgan fingerprint density at radius 2 is 2.10 bits per heavy atom. The van der Waals surface area contributed by atoms with Crippen LogP contribution >= 0.6 is 0 Å². The normalized spacial score (nSPS) is 24.5. The minimum Gasteiger partial charge on any atom is -0.488 e. The predicted octanol–water partition coefficient (Wildman–Crippen LogP) is 2.55. The van der Waals surface area contributed by atoms with Gasteiger partial charge >= 0.3 is 5.69 Å². The number of aliphatic imine (C=N–C) groups is 2. The first-order valence-electron chi connectivity index (χ1n) is 13.8. The summed E-state index contributed by atoms with van der Waals surface area (Å²) >= 11 is 0. The third kappa shape index (κ3) is 6.17. The molecule has 1 aromatic heterocycles. The van der Waals surface area contributed by atoms with E-state index >= 15 is 4.39 Å². The number of rotatable bonds is 7. The Labute approximate surface area is 237 Å². The molecule has 3 saturated heterocycles. The Hall–Kier alpha value is -3.65. The van der Waals surface area contributed by atoms with Crippen molar-refractivity contribution in [1.82, 2.24) is 30.0 Å². The molecule has 3 aliphatic rings. The molecule has 5 rings (SSSR count). The lowest BCUT2D eigenvalue weighted by atomic mass is 9.84. The number of nitrogens with zero attached hydrogens (tertiary/aromatic N) is 7. The lowest BCUT2D eigenvalue weighted by Crippen LogP contribution is -2.57. The van der Waals surface area contributed by atoms with Crippen molar-refractivity contribution in [2.24, 2.45) is 17.0 Å². The molecule has 1 aromatic carbocycles. The second-order valence-electron chi connectivity index (χ2n) is 11.3. The van der Waals surface area contributed by atoms with E-state index in [4.69, 9.17) is 9.47 Å². The van der Waals surface area contributed by atoms with E-state index in [9.17, 15) is 9.18 Å². The van der Waals surface area contributed by atoms with Gasteiger partial charge < -0.3 is 20.1 Å². The molecule has 1 unspecified atom stereocenters. The fourth-order valence-corrected chi connectivity index (χ4v) is 5.83. The zero-order valence-electron chi connectivity index (χ0n) is 23.9. The molecule has 0 bridgehead atoms. The highest BCUT2D eigenvalue weighted by Gasteiger charge is 2.43. The number of fused-ring (bicyclic) bond motifs is 1. The van der Waals surface area contributed by atoms with E-state index in [2.05, 4.69) is 56.4 Å². The van der Waals surface area contributed by atoms with Gasteiger partial charge in [-0.3, -0.25) is 9.89 Å². The number of nitrogens with one attached hydrogen (secondary N) is 2. The molecule has 0 saturated carbocycles. The zero-order chi connectivity index (χ0) is 29.3. The van der Waals surface area contributed by atoms with Crippen LogP contribution in [0, 0.1) is 5.82 Å². The third-order valence-electron chi connectivity index (χ3n) is 7.95. The lowest BCUT2D eigenvalue weighted by molar-refractivity contribution is -0.0721. The van der Waals surface area contributed by atoms with Crippen molar-refractivity contribution in [3.63, 3.8) is 0 Å². The molecular formula is C27H37F2N9O3. The van der Waals surface area contributed by atoms with Crippen LogP contribution in [0.2, 0.25) is 0 Å². The maximum Gasteiger partial charge on any atom is 0.368 e. The van der Waals surface area contributed by atoms with Gasteiger partial charge in [-0.2, -0.15) is 14.4 Å². The van der Waals surface area contributed by atoms with Gasteiger partial charge in [-0.1, -0.05) is 6.58 Å². The van der Waals surface area contributed by atoms with Crippen molar-refractivity contribution in [2.45, 2.75) is 69.7 Å². The van der Waals surface area contributed by atoms with Crippen molar-refractivity contribution in [3.8, 4) is 11.4 Å². The molecule has 4 heterocycles. The number of aromatic nitrogens is 4. The summed E-state index contributed by atoms with van der Waals surface area (Å²) in [6.07, 6.45) is 4.64. The monoisotopic (exact) mass is 573 g/mol. The number of hydrogen-bond acceptors (Lipinski definition) is 7. The van der Waals surface area contributed by atoms with Gasteiger partial charge in [0, 0.05) is 50.8 Å². The molecule has 41 heavy (non-hydrogen) atoms. The van der Waals surface area contributed by atoms with E-state index in [0.717, 1.165) is 54.1 Å². The van der Waals surface area contributed by atoms with Crippen molar-refractivity contribution in [2.75, 3.05) is 32.1 Å². The van der Waals surface area contributed by atoms with Crippen molar-refractivity contribution >= 4 is 17.5 Å². The minimum atomic E-state index is -0.756. The first-order valence-corrected chi connectivity index (χ1v) is 13.8. The number of tetrazole rings is 1. The van der Waals surface area contributed by atoms with Gasteiger partial charge in [0.15, 0.2) is 17.5 Å². The number of ether oxygens (including phenoxy) is 2. The van der Waals surface area contributed by atoms with E-state index in [1.54, 1.807) is 0 Å². The summed E-state index contributed by atoms with van der Waals surface area (Å²) < 4.78 is 43.2. The summed E-state index contributed by atoms with van der Waals surface area (Å²) in [5.41, 5.74) is -0.499. The molecule has 2 aromatic rings. The number of anilines is 1. The summed E-state index contributed by atoms with van der Waals surface area (Å²) in [6, 6.07) is 2.89. The summed E-state index contributed by atoms with van der Waals surface area (Å²) in [6.45, 7) is 9.76. The molecule has 3 fully saturated rings. The summed E-state index contributed by atoms with van der Waals surface area (Å²) in [5, 5.41) is 13.6. The maximum atomic E-state index is 15.3. The van der Waals surface area contributed by atoms with Crippen LogP contribution in [0.5, 0.6) is 5.75 Å². The topological polar surface area (TPSA) is 123 Å². The number of amidine groups is 1.